The molecule has 2 heterocycles. The molecular weight excluding hydrogens is 290 g/mol. The lowest BCUT2D eigenvalue weighted by Gasteiger charge is -2.28. The second kappa shape index (κ2) is 5.77. The maximum atomic E-state index is 12.2. The van der Waals surface area contributed by atoms with Gasteiger partial charge in [0.05, 0.1) is 11.6 Å². The van der Waals surface area contributed by atoms with Crippen molar-refractivity contribution in [3.8, 4) is 6.07 Å². The molecule has 0 aliphatic carbocycles. The van der Waals surface area contributed by atoms with Crippen molar-refractivity contribution in [2.75, 3.05) is 24.5 Å². The molecule has 1 aromatic carbocycles. The van der Waals surface area contributed by atoms with Crippen LogP contribution in [0, 0.1) is 11.3 Å². The first-order chi connectivity index (χ1) is 10.9. The number of ether oxygens (including phenoxy) is 1. The van der Waals surface area contributed by atoms with Gasteiger partial charge < -0.3 is 14.5 Å². The molecule has 0 bridgehead atoms. The van der Waals surface area contributed by atoms with Gasteiger partial charge in [0, 0.05) is 31.4 Å². The van der Waals surface area contributed by atoms with Gasteiger partial charge in [-0.05, 0) is 57.4 Å². The van der Waals surface area contributed by atoms with Crippen LogP contribution in [0.3, 0.4) is 0 Å². The topological polar surface area (TPSA) is 56.6 Å². The van der Waals surface area contributed by atoms with Gasteiger partial charge in [-0.1, -0.05) is 0 Å². The van der Waals surface area contributed by atoms with Crippen LogP contribution in [0.2, 0.25) is 0 Å². The van der Waals surface area contributed by atoms with Gasteiger partial charge in [-0.3, -0.25) is 0 Å². The van der Waals surface area contributed by atoms with Crippen molar-refractivity contribution < 1.29 is 9.53 Å². The minimum absolute atomic E-state index is 0.223. The van der Waals surface area contributed by atoms with Gasteiger partial charge in [0.25, 0.3) is 0 Å². The van der Waals surface area contributed by atoms with Crippen molar-refractivity contribution in [1.82, 2.24) is 4.90 Å². The number of carbonyl (C=O) groups is 1. The predicted molar refractivity (Wildman–Crippen MR) is 88.4 cm³/mol. The van der Waals surface area contributed by atoms with Crippen LogP contribution in [-0.2, 0) is 11.2 Å². The van der Waals surface area contributed by atoms with E-state index in [4.69, 9.17) is 10.00 Å². The summed E-state index contributed by atoms with van der Waals surface area (Å²) in [5.74, 6) is 0. The van der Waals surface area contributed by atoms with Crippen LogP contribution >= 0.6 is 0 Å². The Morgan fingerprint density at radius 2 is 2.13 bits per heavy atom. The van der Waals surface area contributed by atoms with Crippen molar-refractivity contribution in [3.63, 3.8) is 0 Å². The van der Waals surface area contributed by atoms with E-state index in [1.165, 1.54) is 11.3 Å². The first kappa shape index (κ1) is 15.7. The second-order valence-corrected chi connectivity index (χ2v) is 7.27. The standard InChI is InChI=1S/C18H23N3O2/c1-18(2,3)23-17(22)20-8-7-15(12-20)21-9-6-14-10-13(11-19)4-5-16(14)21/h4-5,10,15H,6-9,12H2,1-3H3/t15-/m1/s1. The van der Waals surface area contributed by atoms with Crippen LogP contribution < -0.4 is 4.90 Å². The summed E-state index contributed by atoms with van der Waals surface area (Å²) in [6, 6.07) is 8.42. The molecule has 1 aromatic rings. The molecule has 122 valence electrons. The number of anilines is 1. The largest absolute Gasteiger partial charge is 0.444 e. The van der Waals surface area contributed by atoms with E-state index in [9.17, 15) is 4.79 Å². The van der Waals surface area contributed by atoms with E-state index < -0.39 is 5.60 Å². The fourth-order valence-corrected chi connectivity index (χ4v) is 3.36. The van der Waals surface area contributed by atoms with E-state index in [1.807, 2.05) is 39.0 Å². The Balaban J connectivity index is 1.68. The van der Waals surface area contributed by atoms with E-state index in [-0.39, 0.29) is 6.09 Å². The fraction of sp³-hybridized carbons (Fsp3) is 0.556. The molecule has 2 aliphatic rings. The molecule has 5 nitrogen and oxygen atoms in total. The lowest BCUT2D eigenvalue weighted by molar-refractivity contribution is 0.0292. The maximum Gasteiger partial charge on any atom is 0.410 e. The number of hydrogen-bond donors (Lipinski definition) is 0. The van der Waals surface area contributed by atoms with Crippen LogP contribution in [0.1, 0.15) is 38.3 Å². The van der Waals surface area contributed by atoms with Gasteiger partial charge in [-0.15, -0.1) is 0 Å². The molecule has 0 spiro atoms. The van der Waals surface area contributed by atoms with Gasteiger partial charge >= 0.3 is 6.09 Å². The predicted octanol–water partition coefficient (Wildman–Crippen LogP) is 2.93. The third-order valence-electron chi connectivity index (χ3n) is 4.40. The number of nitriles is 1. The Bertz CT molecular complexity index is 657. The third-order valence-corrected chi connectivity index (χ3v) is 4.40. The van der Waals surface area contributed by atoms with Crippen molar-refractivity contribution >= 4 is 11.8 Å². The molecule has 5 heteroatoms. The molecule has 1 amide bonds. The molecule has 3 rings (SSSR count). The van der Waals surface area contributed by atoms with Crippen LogP contribution in [0.25, 0.3) is 0 Å². The van der Waals surface area contributed by atoms with Gasteiger partial charge in [0.15, 0.2) is 0 Å². The molecule has 23 heavy (non-hydrogen) atoms. The molecule has 1 saturated heterocycles. The molecule has 0 N–H and O–H groups in total. The third kappa shape index (κ3) is 3.26. The quantitative estimate of drug-likeness (QED) is 0.800. The average Bonchev–Trinajstić information content (AvgIpc) is 3.11. The SMILES string of the molecule is CC(C)(C)OC(=O)N1CC[C@@H](N2CCc3cc(C#N)ccc32)C1. The number of carbonyl (C=O) groups excluding carboxylic acids is 1. The highest BCUT2D eigenvalue weighted by atomic mass is 16.6. The van der Waals surface area contributed by atoms with Crippen LogP contribution in [0.15, 0.2) is 18.2 Å². The minimum Gasteiger partial charge on any atom is -0.444 e. The van der Waals surface area contributed by atoms with Gasteiger partial charge in [0.1, 0.15) is 5.60 Å². The number of hydrogen-bond acceptors (Lipinski definition) is 4. The highest BCUT2D eigenvalue weighted by molar-refractivity contribution is 5.69. The Labute approximate surface area is 137 Å². The van der Waals surface area contributed by atoms with Crippen LogP contribution in [-0.4, -0.2) is 42.3 Å². The Hall–Kier alpha value is -2.22. The molecule has 0 aromatic heterocycles. The normalized spacial score (nSPS) is 20.3. The summed E-state index contributed by atoms with van der Waals surface area (Å²) in [6.07, 6.45) is 1.70. The van der Waals surface area contributed by atoms with Crippen LogP contribution in [0.5, 0.6) is 0 Å². The number of likely N-dealkylation sites (tertiary alicyclic amines) is 1. The first-order valence-electron chi connectivity index (χ1n) is 8.15. The van der Waals surface area contributed by atoms with Crippen molar-refractivity contribution in [1.29, 1.82) is 5.26 Å². The Morgan fingerprint density at radius 1 is 1.35 bits per heavy atom. The Kier molecular flexibility index (Phi) is 3.93. The maximum absolute atomic E-state index is 12.2. The monoisotopic (exact) mass is 313 g/mol. The van der Waals surface area contributed by atoms with E-state index in [0.29, 0.717) is 18.2 Å². The molecule has 1 atom stereocenters. The van der Waals surface area contributed by atoms with E-state index in [2.05, 4.69) is 11.0 Å². The Morgan fingerprint density at radius 3 is 2.83 bits per heavy atom. The first-order valence-corrected chi connectivity index (χ1v) is 8.15. The molecule has 0 saturated carbocycles. The number of rotatable bonds is 1. The van der Waals surface area contributed by atoms with Gasteiger partial charge in [-0.25, -0.2) is 4.79 Å². The number of benzene rings is 1. The highest BCUT2D eigenvalue weighted by Crippen LogP contribution is 2.33. The van der Waals surface area contributed by atoms with Crippen molar-refractivity contribution in [2.45, 2.75) is 45.3 Å². The summed E-state index contributed by atoms with van der Waals surface area (Å²) in [6.45, 7) is 8.07. The fourth-order valence-electron chi connectivity index (χ4n) is 3.36. The zero-order valence-corrected chi connectivity index (χ0v) is 14.0. The number of fused-ring (bicyclic) bond motifs is 1. The summed E-state index contributed by atoms with van der Waals surface area (Å²) < 4.78 is 5.46. The summed E-state index contributed by atoms with van der Waals surface area (Å²) in [7, 11) is 0. The summed E-state index contributed by atoms with van der Waals surface area (Å²) in [5, 5.41) is 9.01. The van der Waals surface area contributed by atoms with Crippen molar-refractivity contribution in [2.24, 2.45) is 0 Å². The highest BCUT2D eigenvalue weighted by Gasteiger charge is 2.35. The van der Waals surface area contributed by atoms with E-state index in [0.717, 1.165) is 25.9 Å². The molecule has 0 radical (unpaired) electrons. The molecule has 2 aliphatic heterocycles. The number of nitrogens with zero attached hydrogens (tertiary/aromatic N) is 3. The lowest BCUT2D eigenvalue weighted by Crippen LogP contribution is -2.40. The van der Waals surface area contributed by atoms with Crippen LogP contribution in [0.4, 0.5) is 10.5 Å². The van der Waals surface area contributed by atoms with Gasteiger partial charge in [0.2, 0.25) is 0 Å². The zero-order chi connectivity index (χ0) is 16.6. The van der Waals surface area contributed by atoms with E-state index >= 15 is 0 Å². The molecule has 0 unspecified atom stereocenters. The lowest BCUT2D eigenvalue weighted by atomic mass is 10.1. The number of amides is 1. The summed E-state index contributed by atoms with van der Waals surface area (Å²) >= 11 is 0. The smallest absolute Gasteiger partial charge is 0.410 e. The summed E-state index contributed by atoms with van der Waals surface area (Å²) in [4.78, 5) is 16.4. The van der Waals surface area contributed by atoms with E-state index in [1.54, 1.807) is 4.90 Å². The minimum atomic E-state index is -0.455. The molecular formula is C18H23N3O2. The van der Waals surface area contributed by atoms with Crippen molar-refractivity contribution in [3.05, 3.63) is 29.3 Å². The molecule has 1 fully saturated rings. The summed E-state index contributed by atoms with van der Waals surface area (Å²) in [5.41, 5.74) is 2.70. The van der Waals surface area contributed by atoms with Gasteiger partial charge in [-0.2, -0.15) is 5.26 Å². The zero-order valence-electron chi connectivity index (χ0n) is 14.0. The average molecular weight is 313 g/mol. The second-order valence-electron chi connectivity index (χ2n) is 7.27.